The number of benzene rings is 1. The third-order valence-electron chi connectivity index (χ3n) is 2.56. The highest BCUT2D eigenvalue weighted by molar-refractivity contribution is 6.32. The second kappa shape index (κ2) is 7.56. The lowest BCUT2D eigenvalue weighted by atomic mass is 10.2. The molecule has 0 heterocycles. The molecular weight excluding hydrogens is 317 g/mol. The van der Waals surface area contributed by atoms with E-state index in [0.29, 0.717) is 4.90 Å². The Morgan fingerprint density at radius 1 is 1.23 bits per heavy atom. The minimum atomic E-state index is -0.916. The summed E-state index contributed by atoms with van der Waals surface area (Å²) in [5.74, 6) is -3.25. The van der Waals surface area contributed by atoms with Gasteiger partial charge in [-0.2, -0.15) is 0 Å². The molecule has 0 atom stereocenters. The molecule has 0 aliphatic rings. The maximum Gasteiger partial charge on any atom is 0.330 e. The van der Waals surface area contributed by atoms with Crippen molar-refractivity contribution in [3.05, 3.63) is 35.1 Å². The Bertz CT molecular complexity index is 644. The lowest BCUT2D eigenvalue weighted by molar-refractivity contribution is -0.135. The van der Waals surface area contributed by atoms with Gasteiger partial charge in [-0.05, 0) is 6.07 Å². The summed E-state index contributed by atoms with van der Waals surface area (Å²) in [6.07, 6.45) is 1.62. The van der Waals surface area contributed by atoms with Gasteiger partial charge < -0.3 is 9.47 Å². The highest BCUT2D eigenvalue weighted by Crippen LogP contribution is 2.32. The van der Waals surface area contributed by atoms with Gasteiger partial charge in [-0.1, -0.05) is 11.6 Å². The number of nitrogens with zero attached hydrogens (tertiary/aromatic N) is 1. The van der Waals surface area contributed by atoms with E-state index in [9.17, 15) is 18.8 Å². The Balaban J connectivity index is 3.27. The van der Waals surface area contributed by atoms with Crippen molar-refractivity contribution >= 4 is 35.1 Å². The molecule has 0 aliphatic heterocycles. The van der Waals surface area contributed by atoms with Gasteiger partial charge in [-0.3, -0.25) is 9.59 Å². The highest BCUT2D eigenvalue weighted by atomic mass is 35.5. The Morgan fingerprint density at radius 2 is 1.86 bits per heavy atom. The fraction of sp³-hybridized carbons (Fsp3) is 0.214. The molecule has 0 fully saturated rings. The van der Waals surface area contributed by atoms with Crippen LogP contribution in [-0.4, -0.2) is 32.0 Å². The first-order valence-electron chi connectivity index (χ1n) is 5.95. The summed E-state index contributed by atoms with van der Waals surface area (Å²) in [5, 5.41) is -0.00944. The summed E-state index contributed by atoms with van der Waals surface area (Å²) in [6, 6.07) is 2.03. The van der Waals surface area contributed by atoms with Crippen LogP contribution in [-0.2, 0) is 19.1 Å². The van der Waals surface area contributed by atoms with Crippen LogP contribution in [0, 0.1) is 5.82 Å². The molecule has 0 N–H and O–H groups in total. The first kappa shape index (κ1) is 17.6. The lowest BCUT2D eigenvalue weighted by Crippen LogP contribution is -2.34. The molecule has 0 saturated carbocycles. The normalized spacial score (nSPS) is 10.4. The van der Waals surface area contributed by atoms with Crippen LogP contribution in [0.2, 0.25) is 5.02 Å². The molecule has 0 unspecified atom stereocenters. The Hall–Kier alpha value is -2.41. The van der Waals surface area contributed by atoms with E-state index in [1.54, 1.807) is 0 Å². The molecule has 22 heavy (non-hydrogen) atoms. The molecule has 1 aromatic rings. The summed E-state index contributed by atoms with van der Waals surface area (Å²) in [5.41, 5.74) is -0.340. The van der Waals surface area contributed by atoms with Gasteiger partial charge in [-0.25, -0.2) is 14.1 Å². The van der Waals surface area contributed by atoms with Gasteiger partial charge in [0.15, 0.2) is 0 Å². The predicted octanol–water partition coefficient (Wildman–Crippen LogP) is 2.10. The number of carbonyl (C=O) groups is 3. The first-order chi connectivity index (χ1) is 10.3. The molecule has 118 valence electrons. The summed E-state index contributed by atoms with van der Waals surface area (Å²) < 4.78 is 23.3. The van der Waals surface area contributed by atoms with Crippen LogP contribution in [0.3, 0.4) is 0 Å². The minimum absolute atomic E-state index is 0.00944. The van der Waals surface area contributed by atoms with Crippen molar-refractivity contribution in [3.63, 3.8) is 0 Å². The van der Waals surface area contributed by atoms with Crippen molar-refractivity contribution in [1.29, 1.82) is 0 Å². The van der Waals surface area contributed by atoms with Crippen LogP contribution in [0.15, 0.2) is 24.3 Å². The molecular formula is C14H13ClFNO5. The molecule has 0 spiro atoms. The van der Waals surface area contributed by atoms with E-state index in [1.165, 1.54) is 7.11 Å². The molecule has 1 aromatic carbocycles. The monoisotopic (exact) mass is 329 g/mol. The maximum absolute atomic E-state index is 14.0. The number of ether oxygens (including phenoxy) is 2. The van der Waals surface area contributed by atoms with Gasteiger partial charge in [0.25, 0.3) is 5.91 Å². The Morgan fingerprint density at radius 3 is 2.36 bits per heavy atom. The van der Waals surface area contributed by atoms with Gasteiger partial charge in [0.1, 0.15) is 11.6 Å². The number of imide groups is 1. The Labute approximate surface area is 131 Å². The van der Waals surface area contributed by atoms with Crippen LogP contribution in [0.25, 0.3) is 0 Å². The number of amides is 2. The van der Waals surface area contributed by atoms with Crippen molar-refractivity contribution in [1.82, 2.24) is 0 Å². The van der Waals surface area contributed by atoms with Crippen LogP contribution in [0.5, 0.6) is 5.75 Å². The van der Waals surface area contributed by atoms with E-state index in [-0.39, 0.29) is 16.5 Å². The van der Waals surface area contributed by atoms with Crippen LogP contribution in [0.4, 0.5) is 10.1 Å². The maximum atomic E-state index is 14.0. The van der Waals surface area contributed by atoms with E-state index >= 15 is 0 Å². The molecule has 0 aromatic heterocycles. The number of carbonyl (C=O) groups excluding carboxylic acids is 3. The fourth-order valence-corrected chi connectivity index (χ4v) is 1.80. The SMILES string of the molecule is COC(=O)/C=C\C(=O)N(C(C)=O)c1cc(OC)c(Cl)cc1F. The van der Waals surface area contributed by atoms with Gasteiger partial charge >= 0.3 is 5.97 Å². The second-order valence-corrected chi connectivity index (χ2v) is 4.39. The number of hydrogen-bond acceptors (Lipinski definition) is 5. The van der Waals surface area contributed by atoms with Crippen molar-refractivity contribution in [3.8, 4) is 5.75 Å². The number of rotatable bonds is 4. The van der Waals surface area contributed by atoms with Gasteiger partial charge in [-0.15, -0.1) is 0 Å². The van der Waals surface area contributed by atoms with E-state index in [2.05, 4.69) is 4.74 Å². The van der Waals surface area contributed by atoms with Crippen molar-refractivity contribution < 1.29 is 28.2 Å². The average molecular weight is 330 g/mol. The first-order valence-corrected chi connectivity index (χ1v) is 6.33. The summed E-state index contributed by atoms with van der Waals surface area (Å²) in [4.78, 5) is 35.2. The summed E-state index contributed by atoms with van der Waals surface area (Å²) in [6.45, 7) is 1.07. The number of anilines is 1. The molecule has 8 heteroatoms. The standard InChI is InChI=1S/C14H13ClFNO5/c1-8(18)17(13(19)4-5-14(20)22-3)11-7-12(21-2)9(15)6-10(11)16/h4-7H,1-3H3/b5-4-. The minimum Gasteiger partial charge on any atom is -0.495 e. The van der Waals surface area contributed by atoms with E-state index in [0.717, 1.165) is 38.3 Å². The molecule has 1 rings (SSSR count). The smallest absolute Gasteiger partial charge is 0.330 e. The average Bonchev–Trinajstić information content (AvgIpc) is 2.46. The van der Waals surface area contributed by atoms with Crippen molar-refractivity contribution in [2.75, 3.05) is 19.1 Å². The zero-order valence-corrected chi connectivity index (χ0v) is 12.8. The summed E-state index contributed by atoms with van der Waals surface area (Å²) in [7, 11) is 2.43. The molecule has 2 amide bonds. The van der Waals surface area contributed by atoms with Gasteiger partial charge in [0, 0.05) is 25.1 Å². The second-order valence-electron chi connectivity index (χ2n) is 3.99. The molecule has 0 aliphatic carbocycles. The van der Waals surface area contributed by atoms with E-state index in [1.807, 2.05) is 0 Å². The van der Waals surface area contributed by atoms with E-state index in [4.69, 9.17) is 16.3 Å². The number of halogens is 2. The number of methoxy groups -OCH3 is 2. The lowest BCUT2D eigenvalue weighted by Gasteiger charge is -2.19. The molecule has 0 saturated heterocycles. The Kier molecular flexibility index (Phi) is 6.06. The van der Waals surface area contributed by atoms with E-state index < -0.39 is 23.6 Å². The number of hydrogen-bond donors (Lipinski definition) is 0. The van der Waals surface area contributed by atoms with Gasteiger partial charge in [0.05, 0.1) is 24.9 Å². The van der Waals surface area contributed by atoms with Crippen molar-refractivity contribution in [2.45, 2.75) is 6.92 Å². The number of esters is 1. The van der Waals surface area contributed by atoms with Crippen LogP contribution >= 0.6 is 11.6 Å². The summed E-state index contributed by atoms with van der Waals surface area (Å²) >= 11 is 5.76. The quantitative estimate of drug-likeness (QED) is 0.625. The third-order valence-corrected chi connectivity index (χ3v) is 2.86. The van der Waals surface area contributed by atoms with Crippen molar-refractivity contribution in [2.24, 2.45) is 0 Å². The van der Waals surface area contributed by atoms with Crippen LogP contribution < -0.4 is 9.64 Å². The molecule has 0 radical (unpaired) electrons. The predicted molar refractivity (Wildman–Crippen MR) is 77.3 cm³/mol. The fourth-order valence-electron chi connectivity index (χ4n) is 1.57. The highest BCUT2D eigenvalue weighted by Gasteiger charge is 2.23. The zero-order chi connectivity index (χ0) is 16.9. The molecule has 6 nitrogen and oxygen atoms in total. The van der Waals surface area contributed by atoms with Crippen LogP contribution in [0.1, 0.15) is 6.92 Å². The zero-order valence-electron chi connectivity index (χ0n) is 12.1. The molecule has 0 bridgehead atoms. The topological polar surface area (TPSA) is 72.9 Å². The third kappa shape index (κ3) is 4.05. The largest absolute Gasteiger partial charge is 0.495 e. The van der Waals surface area contributed by atoms with Gasteiger partial charge in [0.2, 0.25) is 5.91 Å².